The number of ether oxygens (including phenoxy) is 2. The van der Waals surface area contributed by atoms with E-state index < -0.39 is 6.10 Å². The molecule has 2 fully saturated rings. The first-order chi connectivity index (χ1) is 21.0. The number of nitrogens with zero attached hydrogens (tertiary/aromatic N) is 5. The molecular formula is C32H32ClFN6O3. The number of rotatable bonds is 7. The van der Waals surface area contributed by atoms with Crippen LogP contribution in [0.2, 0.25) is 5.02 Å². The maximum Gasteiger partial charge on any atom is 0.188 e. The maximum absolute atomic E-state index is 14.7. The van der Waals surface area contributed by atoms with Gasteiger partial charge >= 0.3 is 0 Å². The Balaban J connectivity index is 1.08. The lowest BCUT2D eigenvalue weighted by molar-refractivity contribution is -0.0592. The number of benzene rings is 2. The zero-order valence-corrected chi connectivity index (χ0v) is 24.3. The fourth-order valence-corrected chi connectivity index (χ4v) is 6.40. The molecule has 0 amide bonds. The molecule has 2 atom stereocenters. The summed E-state index contributed by atoms with van der Waals surface area (Å²) >= 11 is 5.98. The molecule has 0 saturated carbocycles. The van der Waals surface area contributed by atoms with E-state index in [1.54, 1.807) is 24.4 Å². The van der Waals surface area contributed by atoms with Gasteiger partial charge in [-0.15, -0.1) is 0 Å². The van der Waals surface area contributed by atoms with Gasteiger partial charge in [0.15, 0.2) is 5.84 Å². The number of hydrogen-bond acceptors (Lipinski definition) is 7. The quantitative estimate of drug-likeness (QED) is 0.122. The first kappa shape index (κ1) is 27.8. The van der Waals surface area contributed by atoms with E-state index >= 15 is 0 Å². The second kappa shape index (κ2) is 11.6. The summed E-state index contributed by atoms with van der Waals surface area (Å²) in [5.41, 5.74) is 10.5. The molecular weight excluding hydrogens is 571 g/mol. The van der Waals surface area contributed by atoms with Crippen LogP contribution in [-0.4, -0.2) is 56.3 Å². The third-order valence-electron chi connectivity index (χ3n) is 8.70. The van der Waals surface area contributed by atoms with Crippen molar-refractivity contribution in [2.45, 2.75) is 50.5 Å². The van der Waals surface area contributed by atoms with Crippen molar-refractivity contribution in [1.82, 2.24) is 19.4 Å². The summed E-state index contributed by atoms with van der Waals surface area (Å²) < 4.78 is 29.1. The molecule has 2 aromatic heterocycles. The summed E-state index contributed by atoms with van der Waals surface area (Å²) in [6.45, 7) is 3.98. The van der Waals surface area contributed by atoms with Crippen LogP contribution in [0, 0.1) is 5.82 Å². The fourth-order valence-electron chi connectivity index (χ4n) is 6.24. The molecule has 0 bridgehead atoms. The zero-order valence-electron chi connectivity index (χ0n) is 23.5. The van der Waals surface area contributed by atoms with E-state index in [1.807, 2.05) is 18.2 Å². The Morgan fingerprint density at radius 1 is 1.14 bits per heavy atom. The van der Waals surface area contributed by atoms with Gasteiger partial charge in [-0.25, -0.2) is 9.37 Å². The molecule has 11 heteroatoms. The standard InChI is InChI=1S/C32H32ClFN6O3/c33-21-5-6-24(25(34)14-21)29-7-4-20-2-1-3-23(31(20)43-29)19-8-11-39(12-9-19)18-30-37-26-15-27(32(35)38-41)36-16-28(26)40(30)17-22-10-13-42-22/h1-7,14-16,19,22,29,41H,8-13,17-18H2,(H2,35,38)/t22-,29+/m0/s1. The lowest BCUT2D eigenvalue weighted by atomic mass is 9.87. The van der Waals surface area contributed by atoms with Crippen LogP contribution in [0.25, 0.3) is 17.1 Å². The molecule has 0 spiro atoms. The van der Waals surface area contributed by atoms with Crippen molar-refractivity contribution in [3.63, 3.8) is 0 Å². The van der Waals surface area contributed by atoms with Crippen LogP contribution in [0.1, 0.15) is 59.5 Å². The molecule has 0 radical (unpaired) electrons. The van der Waals surface area contributed by atoms with E-state index in [2.05, 4.69) is 31.7 Å². The topological polar surface area (TPSA) is 111 Å². The van der Waals surface area contributed by atoms with Crippen molar-refractivity contribution < 1.29 is 19.1 Å². The van der Waals surface area contributed by atoms with Gasteiger partial charge in [-0.2, -0.15) is 0 Å². The summed E-state index contributed by atoms with van der Waals surface area (Å²) in [5, 5.41) is 12.5. The average Bonchev–Trinajstić information content (AvgIpc) is 3.34. The minimum absolute atomic E-state index is 0.0467. The number of pyridine rings is 1. The van der Waals surface area contributed by atoms with Crippen molar-refractivity contribution >= 4 is 34.5 Å². The van der Waals surface area contributed by atoms with Crippen LogP contribution >= 0.6 is 11.6 Å². The number of imidazole rings is 1. The van der Waals surface area contributed by atoms with Gasteiger partial charge in [0.25, 0.3) is 0 Å². The Kier molecular flexibility index (Phi) is 7.50. The molecule has 43 heavy (non-hydrogen) atoms. The fraction of sp³-hybridized carbons (Fsp3) is 0.344. The molecule has 0 unspecified atom stereocenters. The molecule has 5 heterocycles. The third kappa shape index (κ3) is 5.46. The molecule has 2 aromatic carbocycles. The van der Waals surface area contributed by atoms with Crippen molar-refractivity contribution in [3.05, 3.63) is 93.8 Å². The van der Waals surface area contributed by atoms with Crippen molar-refractivity contribution in [1.29, 1.82) is 0 Å². The number of para-hydroxylation sites is 1. The number of aromatic nitrogens is 3. The monoisotopic (exact) mass is 602 g/mol. The largest absolute Gasteiger partial charge is 0.481 e. The molecule has 7 rings (SSSR count). The van der Waals surface area contributed by atoms with Gasteiger partial charge in [0.2, 0.25) is 0 Å². The zero-order chi connectivity index (χ0) is 29.5. The highest BCUT2D eigenvalue weighted by atomic mass is 35.5. The Morgan fingerprint density at radius 3 is 2.72 bits per heavy atom. The summed E-state index contributed by atoms with van der Waals surface area (Å²) in [5.74, 6) is 1.68. The van der Waals surface area contributed by atoms with Gasteiger partial charge < -0.3 is 25.0 Å². The molecule has 0 aliphatic carbocycles. The van der Waals surface area contributed by atoms with Gasteiger partial charge in [0.05, 0.1) is 36.4 Å². The van der Waals surface area contributed by atoms with Gasteiger partial charge in [-0.05, 0) is 68.1 Å². The number of hydrogen-bond donors (Lipinski definition) is 2. The summed E-state index contributed by atoms with van der Waals surface area (Å²) in [7, 11) is 0. The van der Waals surface area contributed by atoms with Crippen LogP contribution in [0.15, 0.2) is 59.9 Å². The number of halogens is 2. The lowest BCUT2D eigenvalue weighted by Gasteiger charge is -2.34. The van der Waals surface area contributed by atoms with Crippen molar-refractivity contribution in [2.75, 3.05) is 19.7 Å². The van der Waals surface area contributed by atoms with E-state index in [-0.39, 0.29) is 17.8 Å². The SMILES string of the molecule is NC(=NO)c1cc2nc(CN3CCC(c4cccc5c4O[C@@H](c4ccc(Cl)cc4F)C=C5)CC3)n(C[C@@H]3CCO3)c2cn1. The van der Waals surface area contributed by atoms with E-state index in [0.717, 1.165) is 72.7 Å². The Hall–Kier alpha value is -3.99. The molecule has 4 aromatic rings. The highest BCUT2D eigenvalue weighted by molar-refractivity contribution is 6.30. The molecule has 9 nitrogen and oxygen atoms in total. The van der Waals surface area contributed by atoms with Gasteiger partial charge in [-0.3, -0.25) is 9.88 Å². The number of amidine groups is 1. The molecule has 2 saturated heterocycles. The van der Waals surface area contributed by atoms with Gasteiger partial charge in [0.1, 0.15) is 29.2 Å². The number of piperidine rings is 1. The first-order valence-electron chi connectivity index (χ1n) is 14.6. The minimum Gasteiger partial charge on any atom is -0.481 e. The van der Waals surface area contributed by atoms with Crippen LogP contribution in [0.3, 0.4) is 0 Å². The van der Waals surface area contributed by atoms with Gasteiger partial charge in [0, 0.05) is 22.8 Å². The molecule has 222 valence electrons. The number of nitrogens with two attached hydrogens (primary N) is 1. The summed E-state index contributed by atoms with van der Waals surface area (Å²) in [4.78, 5) is 11.8. The highest BCUT2D eigenvalue weighted by Crippen LogP contribution is 2.42. The second-order valence-corrected chi connectivity index (χ2v) is 11.8. The maximum atomic E-state index is 14.7. The number of oxime groups is 1. The van der Waals surface area contributed by atoms with Crippen molar-refractivity contribution in [3.8, 4) is 5.75 Å². The minimum atomic E-state index is -0.507. The number of fused-ring (bicyclic) bond motifs is 2. The smallest absolute Gasteiger partial charge is 0.188 e. The predicted octanol–water partition coefficient (Wildman–Crippen LogP) is 5.63. The molecule has 3 aliphatic rings. The van der Waals surface area contributed by atoms with Crippen LogP contribution < -0.4 is 10.5 Å². The third-order valence-corrected chi connectivity index (χ3v) is 8.93. The molecule has 3 aliphatic heterocycles. The predicted molar refractivity (Wildman–Crippen MR) is 162 cm³/mol. The summed E-state index contributed by atoms with van der Waals surface area (Å²) in [6, 6.07) is 12.7. The second-order valence-electron chi connectivity index (χ2n) is 11.3. The number of likely N-dealkylation sites (tertiary alicyclic amines) is 1. The summed E-state index contributed by atoms with van der Waals surface area (Å²) in [6.07, 6.45) is 8.25. The normalized spacial score (nSPS) is 21.0. The average molecular weight is 603 g/mol. The first-order valence-corrected chi connectivity index (χ1v) is 14.9. The Morgan fingerprint density at radius 2 is 1.98 bits per heavy atom. The van der Waals surface area contributed by atoms with E-state index in [0.29, 0.717) is 35.3 Å². The van der Waals surface area contributed by atoms with Crippen LogP contribution in [0.4, 0.5) is 4.39 Å². The Bertz CT molecular complexity index is 1730. The van der Waals surface area contributed by atoms with E-state index in [4.69, 9.17) is 37.0 Å². The lowest BCUT2D eigenvalue weighted by Crippen LogP contribution is -2.35. The van der Waals surface area contributed by atoms with E-state index in [1.165, 1.54) is 6.07 Å². The van der Waals surface area contributed by atoms with Crippen LogP contribution in [-0.2, 0) is 17.8 Å². The van der Waals surface area contributed by atoms with E-state index in [9.17, 15) is 4.39 Å². The van der Waals surface area contributed by atoms with Crippen molar-refractivity contribution in [2.24, 2.45) is 10.9 Å². The highest BCUT2D eigenvalue weighted by Gasteiger charge is 2.29. The Labute approximate surface area is 253 Å². The molecule has 3 N–H and O–H groups in total. The van der Waals surface area contributed by atoms with Crippen LogP contribution in [0.5, 0.6) is 5.75 Å². The van der Waals surface area contributed by atoms with Gasteiger partial charge in [-0.1, -0.05) is 47.1 Å².